The first kappa shape index (κ1) is 36.0. The Kier molecular flexibility index (Phi) is 8.94. The second-order valence-electron chi connectivity index (χ2n) is 13.2. The highest BCUT2D eigenvalue weighted by Crippen LogP contribution is 2.58. The van der Waals surface area contributed by atoms with Gasteiger partial charge in [-0.2, -0.15) is 0 Å². The minimum Gasteiger partial charge on any atom is -0.289 e. The SMILES string of the molecule is [C-]#[N+]/C(C#N)=C1\C(=C\c2ccc(-c3c4c(c(-c5ccc(/C=C6\C(=O)c7ccccc7\C6=C(\C#N)[N+]#[C-])s5)c5c3=NCN=5)SC(=C(C)C)S4)s2)C(=O)c2ccccc21. The van der Waals surface area contributed by atoms with Crippen molar-refractivity contribution in [3.05, 3.63) is 171 Å². The lowest BCUT2D eigenvalue weighted by atomic mass is 10.0. The van der Waals surface area contributed by atoms with Crippen molar-refractivity contribution < 1.29 is 9.59 Å². The van der Waals surface area contributed by atoms with E-state index < -0.39 is 0 Å². The standard InChI is InChI=1S/C45H22N6O2S4/c1-22(2)45-56-43-37(33-15-13-23(54-33)17-29-35(31(19-46)48-3)25-9-5-7-11-27(25)41(29)52)39-40(51-21-50-39)38(44(43)57-45)34-16-14-24(55-34)18-30-36(32(20-47)49-4)26-10-6-8-12-28(26)42(30)53/h5-18H,21H2,1-2H3/b29-17-,30-18-,35-31-,36-32+. The summed E-state index contributed by atoms with van der Waals surface area (Å²) in [5.41, 5.74) is 6.38. The van der Waals surface area contributed by atoms with Crippen LogP contribution in [0, 0.1) is 35.8 Å². The van der Waals surface area contributed by atoms with Crippen LogP contribution in [0.1, 0.15) is 55.4 Å². The number of carbonyl (C=O) groups is 2. The summed E-state index contributed by atoms with van der Waals surface area (Å²) in [4.78, 5) is 49.7. The van der Waals surface area contributed by atoms with Crippen molar-refractivity contribution in [2.75, 3.05) is 6.67 Å². The number of rotatable bonds is 4. The van der Waals surface area contributed by atoms with Gasteiger partial charge < -0.3 is 0 Å². The lowest BCUT2D eigenvalue weighted by Gasteiger charge is -2.10. The predicted molar refractivity (Wildman–Crippen MR) is 226 cm³/mol. The molecule has 268 valence electrons. The van der Waals surface area contributed by atoms with Gasteiger partial charge in [-0.1, -0.05) is 77.6 Å². The van der Waals surface area contributed by atoms with Crippen LogP contribution in [0.4, 0.5) is 0 Å². The molecule has 0 saturated carbocycles. The van der Waals surface area contributed by atoms with Crippen molar-refractivity contribution in [2.45, 2.75) is 23.6 Å². The highest BCUT2D eigenvalue weighted by molar-refractivity contribution is 8.24. The van der Waals surface area contributed by atoms with Gasteiger partial charge in [-0.3, -0.25) is 19.6 Å². The fraction of sp³-hybridized carbons (Fsp3) is 0.0667. The number of thiophene rings is 2. The van der Waals surface area contributed by atoms with Gasteiger partial charge in [-0.25, -0.2) is 20.2 Å². The Morgan fingerprint density at radius 2 is 1.09 bits per heavy atom. The first-order valence-electron chi connectivity index (χ1n) is 17.3. The number of allylic oxidation sites excluding steroid dienone is 7. The monoisotopic (exact) mass is 806 g/mol. The molecule has 2 aliphatic carbocycles. The molecule has 4 aliphatic rings. The van der Waals surface area contributed by atoms with Crippen LogP contribution in [0.15, 0.2) is 125 Å². The van der Waals surface area contributed by atoms with E-state index in [4.69, 9.17) is 23.1 Å². The van der Waals surface area contributed by atoms with Gasteiger partial charge in [0.25, 0.3) is 11.4 Å². The number of hydrogen-bond acceptors (Lipinski definition) is 10. The van der Waals surface area contributed by atoms with Crippen LogP contribution in [0.2, 0.25) is 0 Å². The molecule has 0 spiro atoms. The molecule has 4 heterocycles. The number of carbonyl (C=O) groups excluding carboxylic acids is 2. The maximum atomic E-state index is 13.6. The number of hydrogen-bond donors (Lipinski definition) is 0. The molecular formula is C45H22N6O2S4. The summed E-state index contributed by atoms with van der Waals surface area (Å²) >= 11 is 6.43. The Morgan fingerprint density at radius 3 is 1.47 bits per heavy atom. The number of nitrogens with zero attached hydrogens (tertiary/aromatic N) is 6. The number of benzene rings is 3. The third-order valence-electron chi connectivity index (χ3n) is 9.75. The molecule has 0 radical (unpaired) electrons. The van der Waals surface area contributed by atoms with Crippen LogP contribution in [0.3, 0.4) is 0 Å². The molecule has 12 heteroatoms. The normalized spacial score (nSPS) is 17.8. The summed E-state index contributed by atoms with van der Waals surface area (Å²) in [7, 11) is 0. The van der Waals surface area contributed by atoms with Gasteiger partial charge in [0.2, 0.25) is 0 Å². The number of nitriles is 2. The van der Waals surface area contributed by atoms with Crippen molar-refractivity contribution in [2.24, 2.45) is 9.98 Å². The summed E-state index contributed by atoms with van der Waals surface area (Å²) in [6, 6.07) is 26.1. The van der Waals surface area contributed by atoms with Crippen molar-refractivity contribution in [1.82, 2.24) is 0 Å². The summed E-state index contributed by atoms with van der Waals surface area (Å²) in [6.45, 7) is 19.8. The van der Waals surface area contributed by atoms with E-state index in [-0.39, 0.29) is 29.6 Å². The molecule has 0 atom stereocenters. The molecule has 0 amide bonds. The second kappa shape index (κ2) is 14.1. The quantitative estimate of drug-likeness (QED) is 0.101. The molecule has 0 bridgehead atoms. The molecule has 0 unspecified atom stereocenters. The van der Waals surface area contributed by atoms with Gasteiger partial charge in [0.05, 0.1) is 36.0 Å². The molecule has 0 fully saturated rings. The van der Waals surface area contributed by atoms with E-state index in [1.807, 2.05) is 36.4 Å². The van der Waals surface area contributed by atoms with E-state index in [0.717, 1.165) is 55.4 Å². The van der Waals surface area contributed by atoms with E-state index in [9.17, 15) is 20.1 Å². The van der Waals surface area contributed by atoms with Crippen molar-refractivity contribution in [1.29, 1.82) is 10.5 Å². The lowest BCUT2D eigenvalue weighted by Crippen LogP contribution is -2.27. The van der Waals surface area contributed by atoms with Crippen LogP contribution in [0.25, 0.3) is 53.9 Å². The van der Waals surface area contributed by atoms with Crippen molar-refractivity contribution >= 4 is 81.1 Å². The van der Waals surface area contributed by atoms with E-state index in [1.165, 1.54) is 28.2 Å². The molecule has 2 aromatic heterocycles. The van der Waals surface area contributed by atoms with E-state index >= 15 is 0 Å². The summed E-state index contributed by atoms with van der Waals surface area (Å²) < 4.78 is 1.16. The largest absolute Gasteiger partial charge is 0.289 e. The summed E-state index contributed by atoms with van der Waals surface area (Å²) in [6.07, 6.45) is 3.56. The van der Waals surface area contributed by atoms with Gasteiger partial charge in [0, 0.05) is 78.1 Å². The Morgan fingerprint density at radius 1 is 0.667 bits per heavy atom. The van der Waals surface area contributed by atoms with Crippen LogP contribution < -0.4 is 10.7 Å². The number of Topliss-reactive ketones (excluding diaryl/α,β-unsaturated/α-hetero) is 2. The van der Waals surface area contributed by atoms with Gasteiger partial charge in [0.1, 0.15) is 6.67 Å². The topological polar surface area (TPSA) is 115 Å². The number of thioether (sulfide) groups is 2. The Balaban J connectivity index is 1.17. The average molecular weight is 807 g/mol. The molecule has 57 heavy (non-hydrogen) atoms. The minimum absolute atomic E-state index is 0.120. The molecule has 2 aliphatic heterocycles. The Labute approximate surface area is 343 Å². The van der Waals surface area contributed by atoms with Gasteiger partial charge in [-0.05, 0) is 61.4 Å². The predicted octanol–water partition coefficient (Wildman–Crippen LogP) is 10.7. The zero-order chi connectivity index (χ0) is 39.5. The van der Waals surface area contributed by atoms with Crippen LogP contribution in [-0.4, -0.2) is 18.2 Å². The number of fused-ring (bicyclic) bond motifs is 4. The van der Waals surface area contributed by atoms with Crippen molar-refractivity contribution in [3.8, 4) is 33.0 Å². The molecule has 9 rings (SSSR count). The van der Waals surface area contributed by atoms with Crippen LogP contribution >= 0.6 is 46.2 Å². The molecule has 3 aromatic carbocycles. The minimum atomic E-state index is -0.219. The van der Waals surface area contributed by atoms with Crippen molar-refractivity contribution in [3.63, 3.8) is 0 Å². The maximum absolute atomic E-state index is 13.6. The first-order chi connectivity index (χ1) is 27.8. The zero-order valence-corrected chi connectivity index (χ0v) is 33.2. The van der Waals surface area contributed by atoms with Crippen LogP contribution in [-0.2, 0) is 0 Å². The molecular weight excluding hydrogens is 785 g/mol. The third kappa shape index (κ3) is 5.70. The van der Waals surface area contributed by atoms with E-state index in [1.54, 1.807) is 84.2 Å². The summed E-state index contributed by atoms with van der Waals surface area (Å²) in [5, 5.41) is 21.2. The van der Waals surface area contributed by atoms with Gasteiger partial charge in [-0.15, -0.1) is 22.7 Å². The van der Waals surface area contributed by atoms with E-state index in [2.05, 4.69) is 23.5 Å². The Hall–Kier alpha value is -6.64. The maximum Gasteiger partial charge on any atom is 0.270 e. The highest BCUT2D eigenvalue weighted by Gasteiger charge is 2.35. The zero-order valence-electron chi connectivity index (χ0n) is 29.9. The smallest absolute Gasteiger partial charge is 0.270 e. The first-order valence-corrected chi connectivity index (χ1v) is 20.6. The highest BCUT2D eigenvalue weighted by atomic mass is 32.2. The van der Waals surface area contributed by atoms with Gasteiger partial charge in [0.15, 0.2) is 11.6 Å². The fourth-order valence-electron chi connectivity index (χ4n) is 7.30. The molecule has 0 saturated heterocycles. The number of ketones is 2. The third-order valence-corrected chi connectivity index (χ3v) is 14.9. The average Bonchev–Trinajstić information content (AvgIpc) is 4.10. The van der Waals surface area contributed by atoms with Gasteiger partial charge >= 0.3 is 0 Å². The van der Waals surface area contributed by atoms with E-state index in [0.29, 0.717) is 44.5 Å². The molecule has 5 aromatic rings. The lowest BCUT2D eigenvalue weighted by molar-refractivity contribution is 0.103. The second-order valence-corrected chi connectivity index (χ2v) is 17.7. The molecule has 8 nitrogen and oxygen atoms in total. The fourth-order valence-corrected chi connectivity index (χ4v) is 12.1. The van der Waals surface area contributed by atoms with Crippen LogP contribution in [0.5, 0.6) is 0 Å². The summed E-state index contributed by atoms with van der Waals surface area (Å²) in [5.74, 6) is -0.437. The molecule has 0 N–H and O–H groups in total. The Bertz CT molecular complexity index is 2970.